The lowest BCUT2D eigenvalue weighted by molar-refractivity contribution is -0.144. The second-order valence-electron chi connectivity index (χ2n) is 7.42. The molecule has 7 heteroatoms. The quantitative estimate of drug-likeness (QED) is 0.363. The van der Waals surface area contributed by atoms with Gasteiger partial charge in [-0.2, -0.15) is 0 Å². The lowest BCUT2D eigenvalue weighted by Crippen LogP contribution is -2.34. The largest absolute Gasteiger partial charge is 0.469 e. The third-order valence-electron chi connectivity index (χ3n) is 5.10. The Morgan fingerprint density at radius 2 is 1.88 bits per heavy atom. The number of anilines is 1. The molecule has 0 aliphatic carbocycles. The molecule has 4 aromatic rings. The van der Waals surface area contributed by atoms with Gasteiger partial charge in [0.15, 0.2) is 0 Å². The number of carbonyl (C=O) groups excluding carboxylic acids is 1. The molecule has 0 aliphatic heterocycles. The van der Waals surface area contributed by atoms with E-state index < -0.39 is 12.0 Å². The van der Waals surface area contributed by atoms with Crippen LogP contribution in [-0.2, 0) is 22.4 Å². The highest BCUT2D eigenvalue weighted by atomic mass is 19.1. The van der Waals surface area contributed by atoms with Crippen LogP contribution in [0, 0.1) is 5.82 Å². The van der Waals surface area contributed by atoms with Crippen molar-refractivity contribution >= 4 is 11.8 Å². The fourth-order valence-corrected chi connectivity index (χ4v) is 3.47. The number of nitrogens with zero attached hydrogens (tertiary/aromatic N) is 2. The number of carbonyl (C=O) groups is 1. The zero-order chi connectivity index (χ0) is 23.0. The number of ether oxygens (including phenoxy) is 1. The van der Waals surface area contributed by atoms with Crippen molar-refractivity contribution in [2.75, 3.05) is 11.9 Å². The Morgan fingerprint density at radius 3 is 2.61 bits per heavy atom. The van der Waals surface area contributed by atoms with Gasteiger partial charge in [-0.3, -0.25) is 0 Å². The number of rotatable bonds is 9. The molecule has 0 amide bonds. The van der Waals surface area contributed by atoms with Gasteiger partial charge in [0.25, 0.3) is 0 Å². The summed E-state index contributed by atoms with van der Waals surface area (Å²) < 4.78 is 25.1. The van der Waals surface area contributed by atoms with Crippen LogP contribution >= 0.6 is 0 Å². The van der Waals surface area contributed by atoms with E-state index in [1.165, 1.54) is 6.07 Å². The first-order valence-electron chi connectivity index (χ1n) is 10.7. The Bertz CT molecular complexity index is 1200. The molecule has 1 atom stereocenters. The number of hydrogen-bond acceptors (Lipinski definition) is 6. The molecular formula is C26H24FN3O3. The number of furan rings is 1. The van der Waals surface area contributed by atoms with E-state index in [1.54, 1.807) is 49.7 Å². The Morgan fingerprint density at radius 1 is 1.09 bits per heavy atom. The third kappa shape index (κ3) is 5.63. The molecule has 0 fully saturated rings. The van der Waals surface area contributed by atoms with Crippen LogP contribution in [0.4, 0.5) is 10.2 Å². The minimum atomic E-state index is -0.743. The van der Waals surface area contributed by atoms with E-state index in [1.807, 2.05) is 30.3 Å². The van der Waals surface area contributed by atoms with Crippen LogP contribution in [0.25, 0.3) is 11.3 Å². The molecule has 168 valence electrons. The summed E-state index contributed by atoms with van der Waals surface area (Å²) in [7, 11) is 0. The van der Waals surface area contributed by atoms with Gasteiger partial charge in [0.05, 0.1) is 30.5 Å². The average Bonchev–Trinajstić information content (AvgIpc) is 3.35. The molecule has 0 aliphatic rings. The second kappa shape index (κ2) is 10.5. The minimum Gasteiger partial charge on any atom is -0.469 e. The summed E-state index contributed by atoms with van der Waals surface area (Å²) in [5.74, 6) is 0.264. The van der Waals surface area contributed by atoms with Gasteiger partial charge < -0.3 is 14.5 Å². The first kappa shape index (κ1) is 22.2. The zero-order valence-electron chi connectivity index (χ0n) is 18.2. The molecule has 2 heterocycles. The fourth-order valence-electron chi connectivity index (χ4n) is 3.47. The molecule has 0 radical (unpaired) electrons. The standard InChI is InChI=1S/C26H24FN3O3/c1-2-32-26(31)23(16-20-12-8-14-33-20)30-25-22(15-19-11-6-7-13-21(19)27)29-24(17-28-25)18-9-4-3-5-10-18/h3-14,17,23H,2,15-16H2,1H3,(H,28,30). The smallest absolute Gasteiger partial charge is 0.329 e. The van der Waals surface area contributed by atoms with Gasteiger partial charge in [0.2, 0.25) is 0 Å². The van der Waals surface area contributed by atoms with Crippen molar-refractivity contribution < 1.29 is 18.3 Å². The van der Waals surface area contributed by atoms with Gasteiger partial charge in [0, 0.05) is 18.4 Å². The van der Waals surface area contributed by atoms with Gasteiger partial charge >= 0.3 is 5.97 Å². The first-order valence-corrected chi connectivity index (χ1v) is 10.7. The molecule has 4 rings (SSSR count). The Balaban J connectivity index is 1.70. The highest BCUT2D eigenvalue weighted by Crippen LogP contribution is 2.23. The van der Waals surface area contributed by atoms with E-state index in [2.05, 4.69) is 10.3 Å². The molecule has 1 N–H and O–H groups in total. The van der Waals surface area contributed by atoms with Crippen molar-refractivity contribution in [1.82, 2.24) is 9.97 Å². The summed E-state index contributed by atoms with van der Waals surface area (Å²) in [6.07, 6.45) is 3.67. The highest BCUT2D eigenvalue weighted by Gasteiger charge is 2.24. The molecule has 2 aromatic carbocycles. The summed E-state index contributed by atoms with van der Waals surface area (Å²) in [6, 6.07) is 19.0. The molecule has 0 saturated heterocycles. The van der Waals surface area contributed by atoms with Crippen LogP contribution < -0.4 is 5.32 Å². The van der Waals surface area contributed by atoms with Crippen molar-refractivity contribution in [3.05, 3.63) is 102 Å². The predicted octanol–water partition coefficient (Wildman–Crippen LogP) is 5.05. The van der Waals surface area contributed by atoms with E-state index in [4.69, 9.17) is 14.1 Å². The third-order valence-corrected chi connectivity index (χ3v) is 5.10. The maximum atomic E-state index is 14.4. The van der Waals surface area contributed by atoms with Crippen LogP contribution in [0.2, 0.25) is 0 Å². The topological polar surface area (TPSA) is 77.2 Å². The number of benzene rings is 2. The molecule has 0 bridgehead atoms. The van der Waals surface area contributed by atoms with E-state index >= 15 is 0 Å². The van der Waals surface area contributed by atoms with Crippen LogP contribution in [0.3, 0.4) is 0 Å². The van der Waals surface area contributed by atoms with Crippen LogP contribution in [-0.4, -0.2) is 28.6 Å². The maximum absolute atomic E-state index is 14.4. The molecule has 2 aromatic heterocycles. The second-order valence-corrected chi connectivity index (χ2v) is 7.42. The van der Waals surface area contributed by atoms with Gasteiger partial charge in [-0.1, -0.05) is 48.5 Å². The number of halogens is 1. The summed E-state index contributed by atoms with van der Waals surface area (Å²) in [4.78, 5) is 22.0. The van der Waals surface area contributed by atoms with Crippen molar-refractivity contribution in [2.45, 2.75) is 25.8 Å². The maximum Gasteiger partial charge on any atom is 0.329 e. The Kier molecular flexibility index (Phi) is 7.09. The number of nitrogens with one attached hydrogen (secondary N) is 1. The van der Waals surface area contributed by atoms with Crippen molar-refractivity contribution in [3.8, 4) is 11.3 Å². The van der Waals surface area contributed by atoms with E-state index in [-0.39, 0.29) is 25.3 Å². The van der Waals surface area contributed by atoms with Crippen molar-refractivity contribution in [3.63, 3.8) is 0 Å². The summed E-state index contributed by atoms with van der Waals surface area (Å²) >= 11 is 0. The van der Waals surface area contributed by atoms with E-state index in [9.17, 15) is 9.18 Å². The lowest BCUT2D eigenvalue weighted by Gasteiger charge is -2.19. The SMILES string of the molecule is CCOC(=O)C(Cc1ccco1)Nc1ncc(-c2ccccc2)nc1Cc1ccccc1F. The fraction of sp³-hybridized carbons (Fsp3) is 0.192. The van der Waals surface area contributed by atoms with Gasteiger partial charge in [-0.15, -0.1) is 0 Å². The van der Waals surface area contributed by atoms with E-state index in [0.29, 0.717) is 28.5 Å². The van der Waals surface area contributed by atoms with Gasteiger partial charge in [-0.05, 0) is 30.7 Å². The summed E-state index contributed by atoms with van der Waals surface area (Å²) in [5, 5.41) is 3.16. The monoisotopic (exact) mass is 445 g/mol. The normalized spacial score (nSPS) is 11.7. The molecule has 6 nitrogen and oxygen atoms in total. The highest BCUT2D eigenvalue weighted by molar-refractivity contribution is 5.79. The average molecular weight is 445 g/mol. The molecular weight excluding hydrogens is 421 g/mol. The van der Waals surface area contributed by atoms with Gasteiger partial charge in [-0.25, -0.2) is 19.2 Å². The van der Waals surface area contributed by atoms with Crippen LogP contribution in [0.1, 0.15) is 23.9 Å². The van der Waals surface area contributed by atoms with Crippen LogP contribution in [0.15, 0.2) is 83.6 Å². The number of hydrogen-bond donors (Lipinski definition) is 1. The number of esters is 1. The van der Waals surface area contributed by atoms with Crippen molar-refractivity contribution in [1.29, 1.82) is 0 Å². The first-order chi connectivity index (χ1) is 16.1. The minimum absolute atomic E-state index is 0.207. The van der Waals surface area contributed by atoms with Crippen LogP contribution in [0.5, 0.6) is 0 Å². The lowest BCUT2D eigenvalue weighted by atomic mass is 10.1. The number of aromatic nitrogens is 2. The Labute approximate surface area is 191 Å². The summed E-state index contributed by atoms with van der Waals surface area (Å²) in [6.45, 7) is 2.00. The Hall–Kier alpha value is -4.00. The molecule has 0 saturated carbocycles. The predicted molar refractivity (Wildman–Crippen MR) is 123 cm³/mol. The van der Waals surface area contributed by atoms with Gasteiger partial charge in [0.1, 0.15) is 23.4 Å². The molecule has 0 spiro atoms. The summed E-state index contributed by atoms with van der Waals surface area (Å²) in [5.41, 5.74) is 2.56. The van der Waals surface area contributed by atoms with Crippen molar-refractivity contribution in [2.24, 2.45) is 0 Å². The zero-order valence-corrected chi connectivity index (χ0v) is 18.2. The van der Waals surface area contributed by atoms with E-state index in [0.717, 1.165) is 5.56 Å². The molecule has 1 unspecified atom stereocenters. The molecule has 33 heavy (non-hydrogen) atoms.